The van der Waals surface area contributed by atoms with E-state index in [9.17, 15) is 14.3 Å². The highest BCUT2D eigenvalue weighted by Gasteiger charge is 2.28. The van der Waals surface area contributed by atoms with E-state index in [-0.39, 0.29) is 24.3 Å². The number of ether oxygens (including phenoxy) is 2. The first kappa shape index (κ1) is 27.4. The van der Waals surface area contributed by atoms with E-state index in [1.54, 1.807) is 36.4 Å². The zero-order valence-electron chi connectivity index (χ0n) is 22.7. The largest absolute Gasteiger partial charge is 0.478 e. The number of benzene rings is 2. The fourth-order valence-electron chi connectivity index (χ4n) is 5.33. The standard InChI is InChI=1S/C30H31ClFN5O4/c1-19-15-36(27-3-2-4-29(34-27)41-18-21-5-7-22(31)14-24(21)32)11-10-35(19)17-28-33-25-8-6-20(30(38)39)13-26(25)37(28)16-23-9-12-40-23/h2-8,13-14,19,23H,9-12,15-18H2,1H3,(H,38,39). The Balaban J connectivity index is 1.14. The molecule has 9 nitrogen and oxygen atoms in total. The van der Waals surface area contributed by atoms with Crippen LogP contribution >= 0.6 is 11.6 Å². The Labute approximate surface area is 242 Å². The van der Waals surface area contributed by atoms with Crippen LogP contribution in [0, 0.1) is 5.82 Å². The molecule has 1 N–H and O–H groups in total. The van der Waals surface area contributed by atoms with Crippen molar-refractivity contribution in [1.29, 1.82) is 0 Å². The number of pyridine rings is 1. The molecule has 2 saturated heterocycles. The smallest absolute Gasteiger partial charge is 0.335 e. The van der Waals surface area contributed by atoms with Crippen LogP contribution in [0.5, 0.6) is 5.88 Å². The van der Waals surface area contributed by atoms with E-state index in [0.717, 1.165) is 55.3 Å². The van der Waals surface area contributed by atoms with Crippen LogP contribution in [-0.4, -0.2) is 68.9 Å². The van der Waals surface area contributed by atoms with Gasteiger partial charge in [-0.25, -0.2) is 14.2 Å². The van der Waals surface area contributed by atoms with E-state index in [1.165, 1.54) is 6.07 Å². The summed E-state index contributed by atoms with van der Waals surface area (Å²) in [6, 6.07) is 15.4. The lowest BCUT2D eigenvalue weighted by atomic mass is 10.1. The van der Waals surface area contributed by atoms with Gasteiger partial charge < -0.3 is 24.0 Å². The average Bonchev–Trinajstić information content (AvgIpc) is 3.27. The Kier molecular flexibility index (Phi) is 7.79. The van der Waals surface area contributed by atoms with Gasteiger partial charge in [-0.05, 0) is 49.7 Å². The predicted molar refractivity (Wildman–Crippen MR) is 153 cm³/mol. The van der Waals surface area contributed by atoms with Gasteiger partial charge in [-0.2, -0.15) is 4.98 Å². The number of carboxylic acids is 1. The molecule has 0 bridgehead atoms. The molecule has 0 spiro atoms. The van der Waals surface area contributed by atoms with Crippen molar-refractivity contribution >= 4 is 34.4 Å². The van der Waals surface area contributed by atoms with Gasteiger partial charge in [0.25, 0.3) is 0 Å². The lowest BCUT2D eigenvalue weighted by Gasteiger charge is -2.40. The second-order valence-electron chi connectivity index (χ2n) is 10.6. The Morgan fingerprint density at radius 1 is 1.17 bits per heavy atom. The van der Waals surface area contributed by atoms with Gasteiger partial charge in [0.05, 0.1) is 35.8 Å². The van der Waals surface area contributed by atoms with Gasteiger partial charge in [-0.15, -0.1) is 0 Å². The minimum absolute atomic E-state index is 0.0600. The highest BCUT2D eigenvalue weighted by Crippen LogP contribution is 2.26. The molecule has 4 aromatic rings. The number of anilines is 1. The number of carbonyl (C=O) groups is 1. The number of imidazole rings is 1. The highest BCUT2D eigenvalue weighted by atomic mass is 35.5. The summed E-state index contributed by atoms with van der Waals surface area (Å²) in [5.74, 6) is 0.780. The van der Waals surface area contributed by atoms with E-state index in [1.807, 2.05) is 12.1 Å². The normalized spacial score (nSPS) is 19.3. The average molecular weight is 580 g/mol. The van der Waals surface area contributed by atoms with Crippen molar-refractivity contribution in [2.24, 2.45) is 0 Å². The maximum atomic E-state index is 14.1. The molecule has 2 aliphatic rings. The summed E-state index contributed by atoms with van der Waals surface area (Å²) in [5.41, 5.74) is 2.27. The third-order valence-corrected chi connectivity index (χ3v) is 8.02. The molecule has 11 heteroatoms. The van der Waals surface area contributed by atoms with E-state index < -0.39 is 11.8 Å². The maximum Gasteiger partial charge on any atom is 0.335 e. The Hall–Kier alpha value is -3.73. The molecule has 4 heterocycles. The van der Waals surface area contributed by atoms with E-state index in [2.05, 4.69) is 26.3 Å². The van der Waals surface area contributed by atoms with Gasteiger partial charge in [0.2, 0.25) is 5.88 Å². The fraction of sp³-hybridized carbons (Fsp3) is 0.367. The number of fused-ring (bicyclic) bond motifs is 1. The van der Waals surface area contributed by atoms with Crippen molar-refractivity contribution in [3.63, 3.8) is 0 Å². The summed E-state index contributed by atoms with van der Waals surface area (Å²) in [6.07, 6.45) is 1.10. The van der Waals surface area contributed by atoms with Gasteiger partial charge in [0.1, 0.15) is 24.1 Å². The van der Waals surface area contributed by atoms with Crippen LogP contribution in [0.3, 0.4) is 0 Å². The number of piperazine rings is 1. The van der Waals surface area contributed by atoms with E-state index in [4.69, 9.17) is 26.1 Å². The first-order valence-electron chi connectivity index (χ1n) is 13.7. The summed E-state index contributed by atoms with van der Waals surface area (Å²) in [5, 5.41) is 9.86. The Morgan fingerprint density at radius 2 is 2.02 bits per heavy atom. The van der Waals surface area contributed by atoms with E-state index in [0.29, 0.717) is 29.6 Å². The van der Waals surface area contributed by atoms with Gasteiger partial charge in [0.15, 0.2) is 0 Å². The quantitative estimate of drug-likeness (QED) is 0.296. The molecule has 0 saturated carbocycles. The molecule has 2 aromatic carbocycles. The van der Waals surface area contributed by atoms with Crippen molar-refractivity contribution in [3.05, 3.63) is 82.4 Å². The molecule has 214 valence electrons. The second kappa shape index (κ2) is 11.6. The number of hydrogen-bond donors (Lipinski definition) is 1. The van der Waals surface area contributed by atoms with Crippen molar-refractivity contribution in [3.8, 4) is 5.88 Å². The molecular weight excluding hydrogens is 549 g/mol. The molecule has 0 aliphatic carbocycles. The number of carboxylic acid groups (broad SMARTS) is 1. The van der Waals surface area contributed by atoms with Crippen LogP contribution in [0.1, 0.15) is 35.1 Å². The molecule has 0 amide bonds. The SMILES string of the molecule is CC1CN(c2cccc(OCc3ccc(Cl)cc3F)n2)CCN1Cc1nc2ccc(C(=O)O)cc2n1CC1CCO1. The first-order chi connectivity index (χ1) is 19.8. The summed E-state index contributed by atoms with van der Waals surface area (Å²) in [7, 11) is 0. The zero-order valence-corrected chi connectivity index (χ0v) is 23.4. The minimum atomic E-state index is -0.953. The number of hydrogen-bond acceptors (Lipinski definition) is 7. The maximum absolute atomic E-state index is 14.1. The van der Waals surface area contributed by atoms with Crippen LogP contribution in [0.25, 0.3) is 11.0 Å². The number of aromatic carboxylic acids is 1. The number of aromatic nitrogens is 3. The van der Waals surface area contributed by atoms with E-state index >= 15 is 0 Å². The molecule has 2 aliphatic heterocycles. The molecule has 2 fully saturated rings. The summed E-state index contributed by atoms with van der Waals surface area (Å²) in [6.45, 7) is 6.61. The van der Waals surface area contributed by atoms with Crippen molar-refractivity contribution in [2.75, 3.05) is 31.1 Å². The molecule has 2 unspecified atom stereocenters. The van der Waals surface area contributed by atoms with Gasteiger partial charge in [0, 0.05) is 48.9 Å². The first-order valence-corrected chi connectivity index (χ1v) is 14.1. The molecular formula is C30H31ClFN5O4. The van der Waals surface area contributed by atoms with Crippen molar-refractivity contribution in [2.45, 2.75) is 45.2 Å². The van der Waals surface area contributed by atoms with Crippen molar-refractivity contribution in [1.82, 2.24) is 19.4 Å². The number of nitrogens with zero attached hydrogens (tertiary/aromatic N) is 5. The van der Waals surface area contributed by atoms with Crippen LogP contribution in [0.15, 0.2) is 54.6 Å². The van der Waals surface area contributed by atoms with Crippen LogP contribution < -0.4 is 9.64 Å². The molecule has 2 atom stereocenters. The van der Waals surface area contributed by atoms with Crippen LogP contribution in [0.2, 0.25) is 5.02 Å². The molecule has 2 aromatic heterocycles. The van der Waals surface area contributed by atoms with Gasteiger partial charge in [-0.3, -0.25) is 4.90 Å². The topological polar surface area (TPSA) is 93.0 Å². The summed E-state index contributed by atoms with van der Waals surface area (Å²) in [4.78, 5) is 25.8. The lowest BCUT2D eigenvalue weighted by molar-refractivity contribution is -0.0592. The van der Waals surface area contributed by atoms with Gasteiger partial charge >= 0.3 is 5.97 Å². The molecule has 0 radical (unpaired) electrons. The van der Waals surface area contributed by atoms with Crippen LogP contribution in [0.4, 0.5) is 10.2 Å². The molecule has 6 rings (SSSR count). The number of rotatable bonds is 9. The number of halogens is 2. The zero-order chi connectivity index (χ0) is 28.5. The third-order valence-electron chi connectivity index (χ3n) is 7.79. The fourth-order valence-corrected chi connectivity index (χ4v) is 5.49. The van der Waals surface area contributed by atoms with Crippen molar-refractivity contribution < 1.29 is 23.8 Å². The predicted octanol–water partition coefficient (Wildman–Crippen LogP) is 5.00. The summed E-state index contributed by atoms with van der Waals surface area (Å²) >= 11 is 5.85. The second-order valence-corrected chi connectivity index (χ2v) is 11.0. The monoisotopic (exact) mass is 579 g/mol. The lowest BCUT2D eigenvalue weighted by Crippen LogP contribution is -2.52. The Morgan fingerprint density at radius 3 is 2.76 bits per heavy atom. The third kappa shape index (κ3) is 6.00. The summed E-state index contributed by atoms with van der Waals surface area (Å²) < 4.78 is 27.8. The van der Waals surface area contributed by atoms with Crippen LogP contribution in [-0.2, 0) is 24.4 Å². The van der Waals surface area contributed by atoms with Gasteiger partial charge in [-0.1, -0.05) is 23.7 Å². The Bertz CT molecular complexity index is 1580. The highest BCUT2D eigenvalue weighted by molar-refractivity contribution is 6.30. The molecule has 41 heavy (non-hydrogen) atoms. The minimum Gasteiger partial charge on any atom is -0.478 e.